The van der Waals surface area contributed by atoms with E-state index >= 15 is 0 Å². The number of hydrogen-bond donors (Lipinski definition) is 1. The van der Waals surface area contributed by atoms with E-state index in [4.69, 9.17) is 4.74 Å². The van der Waals surface area contributed by atoms with Crippen molar-refractivity contribution in [1.82, 2.24) is 20.1 Å². The van der Waals surface area contributed by atoms with E-state index in [1.807, 2.05) is 22.2 Å². The first kappa shape index (κ1) is 18.2. The minimum Gasteiger partial charge on any atom is -0.366 e. The minimum absolute atomic E-state index is 0.0378. The zero-order valence-corrected chi connectivity index (χ0v) is 15.9. The van der Waals surface area contributed by atoms with Crippen molar-refractivity contribution in [2.24, 2.45) is 0 Å². The van der Waals surface area contributed by atoms with Gasteiger partial charge < -0.3 is 19.9 Å². The third-order valence-electron chi connectivity index (χ3n) is 6.06. The molecule has 4 rings (SSSR count). The molecular weight excluding hydrogens is 344 g/mol. The largest absolute Gasteiger partial charge is 0.366 e. The van der Waals surface area contributed by atoms with Gasteiger partial charge in [0.2, 0.25) is 5.91 Å². The van der Waals surface area contributed by atoms with Crippen LogP contribution in [-0.4, -0.2) is 71.7 Å². The summed E-state index contributed by atoms with van der Waals surface area (Å²) >= 11 is 0. The van der Waals surface area contributed by atoms with Crippen molar-refractivity contribution >= 4 is 11.9 Å². The molecule has 3 aliphatic rings. The maximum atomic E-state index is 12.9. The Bertz CT molecular complexity index is 702. The van der Waals surface area contributed by atoms with Gasteiger partial charge in [0.15, 0.2) is 0 Å². The van der Waals surface area contributed by atoms with Gasteiger partial charge in [0, 0.05) is 38.6 Å². The molecule has 0 spiro atoms. The molecular formula is C20H28N4O3. The van der Waals surface area contributed by atoms with Crippen LogP contribution in [0.5, 0.6) is 0 Å². The van der Waals surface area contributed by atoms with Crippen LogP contribution >= 0.6 is 0 Å². The van der Waals surface area contributed by atoms with Crippen LogP contribution in [0.25, 0.3) is 0 Å². The number of aryl methyl sites for hydroxylation is 1. The van der Waals surface area contributed by atoms with E-state index in [9.17, 15) is 9.59 Å². The molecule has 1 N–H and O–H groups in total. The number of nitrogens with one attached hydrogen (secondary N) is 1. The van der Waals surface area contributed by atoms with E-state index in [1.54, 1.807) is 0 Å². The molecule has 1 aromatic rings. The Kier molecular flexibility index (Phi) is 5.29. The Morgan fingerprint density at radius 2 is 2.00 bits per heavy atom. The monoisotopic (exact) mass is 372 g/mol. The van der Waals surface area contributed by atoms with Gasteiger partial charge in [0.1, 0.15) is 6.61 Å². The number of morpholine rings is 1. The average Bonchev–Trinajstić information content (AvgIpc) is 2.73. The number of aromatic nitrogens is 1. The summed E-state index contributed by atoms with van der Waals surface area (Å²) < 4.78 is 5.58. The number of piperidine rings is 2. The summed E-state index contributed by atoms with van der Waals surface area (Å²) in [5.41, 5.74) is 2.56. The summed E-state index contributed by atoms with van der Waals surface area (Å²) in [6.07, 6.45) is 7.66. The number of amides is 3. The van der Waals surface area contributed by atoms with Gasteiger partial charge in [0.25, 0.3) is 0 Å². The molecule has 0 aliphatic carbocycles. The van der Waals surface area contributed by atoms with Crippen molar-refractivity contribution in [2.45, 2.75) is 50.7 Å². The van der Waals surface area contributed by atoms with Crippen LogP contribution in [-0.2, 0) is 16.0 Å². The van der Waals surface area contributed by atoms with Gasteiger partial charge in [-0.05, 0) is 42.7 Å². The summed E-state index contributed by atoms with van der Waals surface area (Å²) in [5.74, 6) is 0.388. The molecule has 27 heavy (non-hydrogen) atoms. The molecule has 7 heteroatoms. The van der Waals surface area contributed by atoms with Gasteiger partial charge in [-0.3, -0.25) is 9.78 Å². The molecule has 3 fully saturated rings. The number of carbonyl (C=O) groups is 2. The second-order valence-electron chi connectivity index (χ2n) is 7.78. The number of likely N-dealkylation sites (tertiary alicyclic amines) is 2. The van der Waals surface area contributed by atoms with Gasteiger partial charge >= 0.3 is 6.03 Å². The third kappa shape index (κ3) is 3.93. The van der Waals surface area contributed by atoms with Crippen LogP contribution in [0.15, 0.2) is 18.5 Å². The topological polar surface area (TPSA) is 74.8 Å². The molecule has 0 radical (unpaired) electrons. The Morgan fingerprint density at radius 1 is 1.22 bits per heavy atom. The Morgan fingerprint density at radius 3 is 2.78 bits per heavy atom. The lowest BCUT2D eigenvalue weighted by Gasteiger charge is -2.43. The number of hydrogen-bond acceptors (Lipinski definition) is 4. The predicted molar refractivity (Wildman–Crippen MR) is 100 cm³/mol. The first-order valence-corrected chi connectivity index (χ1v) is 10.0. The molecule has 2 unspecified atom stereocenters. The first-order chi connectivity index (χ1) is 13.1. The Hall–Kier alpha value is -2.15. The van der Waals surface area contributed by atoms with E-state index in [-0.39, 0.29) is 30.7 Å². The van der Waals surface area contributed by atoms with Gasteiger partial charge in [-0.15, -0.1) is 0 Å². The molecule has 0 aromatic carbocycles. The second-order valence-corrected chi connectivity index (χ2v) is 7.78. The highest BCUT2D eigenvalue weighted by atomic mass is 16.5. The fraction of sp³-hybridized carbons (Fsp3) is 0.650. The zero-order valence-electron chi connectivity index (χ0n) is 15.9. The number of fused-ring (bicyclic) bond motifs is 1. The highest BCUT2D eigenvalue weighted by Gasteiger charge is 2.38. The van der Waals surface area contributed by atoms with Gasteiger partial charge in [0.05, 0.1) is 12.1 Å². The lowest BCUT2D eigenvalue weighted by atomic mass is 9.89. The van der Waals surface area contributed by atoms with Gasteiger partial charge in [-0.1, -0.05) is 13.0 Å². The number of urea groups is 1. The van der Waals surface area contributed by atoms with Gasteiger partial charge in [-0.25, -0.2) is 4.79 Å². The van der Waals surface area contributed by atoms with Crippen LogP contribution in [0.2, 0.25) is 0 Å². The van der Waals surface area contributed by atoms with E-state index in [0.717, 1.165) is 38.8 Å². The van der Waals surface area contributed by atoms with Crippen LogP contribution in [0, 0.1) is 0 Å². The lowest BCUT2D eigenvalue weighted by molar-refractivity contribution is -0.139. The molecule has 0 saturated carbocycles. The molecule has 3 saturated heterocycles. The molecule has 0 bridgehead atoms. The molecule has 2 atom stereocenters. The van der Waals surface area contributed by atoms with Crippen molar-refractivity contribution in [3.8, 4) is 0 Å². The summed E-state index contributed by atoms with van der Waals surface area (Å²) in [7, 11) is 0. The van der Waals surface area contributed by atoms with Crippen molar-refractivity contribution in [3.05, 3.63) is 29.6 Å². The highest BCUT2D eigenvalue weighted by molar-refractivity contribution is 5.79. The fourth-order valence-corrected chi connectivity index (χ4v) is 4.40. The Balaban J connectivity index is 1.32. The smallest absolute Gasteiger partial charge is 0.320 e. The lowest BCUT2D eigenvalue weighted by Crippen LogP contribution is -2.62. The summed E-state index contributed by atoms with van der Waals surface area (Å²) in [4.78, 5) is 32.7. The normalized spacial score (nSPS) is 26.5. The van der Waals surface area contributed by atoms with E-state index in [1.165, 1.54) is 11.1 Å². The third-order valence-corrected chi connectivity index (χ3v) is 6.06. The summed E-state index contributed by atoms with van der Waals surface area (Å²) in [6.45, 7) is 5.05. The van der Waals surface area contributed by atoms with Crippen molar-refractivity contribution in [2.75, 3.05) is 32.8 Å². The van der Waals surface area contributed by atoms with Crippen molar-refractivity contribution < 1.29 is 14.3 Å². The first-order valence-electron chi connectivity index (χ1n) is 10.0. The van der Waals surface area contributed by atoms with E-state index < -0.39 is 0 Å². The SMILES string of the molecule is CCc1cncc(C2CCN(C(=O)N3CCC4OCC(=O)NC4C3)CC2)c1. The molecule has 146 valence electrons. The maximum absolute atomic E-state index is 12.9. The summed E-state index contributed by atoms with van der Waals surface area (Å²) in [6, 6.07) is 2.27. The molecule has 4 heterocycles. The maximum Gasteiger partial charge on any atom is 0.320 e. The van der Waals surface area contributed by atoms with Crippen LogP contribution in [0.4, 0.5) is 4.79 Å². The average molecular weight is 372 g/mol. The number of pyridine rings is 1. The van der Waals surface area contributed by atoms with Crippen LogP contribution in [0.3, 0.4) is 0 Å². The fourth-order valence-electron chi connectivity index (χ4n) is 4.40. The molecule has 7 nitrogen and oxygen atoms in total. The summed E-state index contributed by atoms with van der Waals surface area (Å²) in [5, 5.41) is 2.96. The molecule has 3 aliphatic heterocycles. The predicted octanol–water partition coefficient (Wildman–Crippen LogP) is 1.53. The quantitative estimate of drug-likeness (QED) is 0.854. The second kappa shape index (κ2) is 7.84. The molecule has 1 aromatic heterocycles. The standard InChI is InChI=1S/C20H28N4O3/c1-2-14-9-16(11-21-10-14)15-3-6-23(7-4-15)20(26)24-8-5-18-17(12-24)22-19(25)13-27-18/h9-11,15,17-18H,2-8,12-13H2,1H3,(H,22,25). The van der Waals surface area contributed by atoms with Crippen molar-refractivity contribution in [3.63, 3.8) is 0 Å². The Labute approximate surface area is 160 Å². The van der Waals surface area contributed by atoms with E-state index in [0.29, 0.717) is 19.0 Å². The molecule has 3 amide bonds. The van der Waals surface area contributed by atoms with E-state index in [2.05, 4.69) is 23.3 Å². The number of ether oxygens (including phenoxy) is 1. The minimum atomic E-state index is -0.0886. The zero-order chi connectivity index (χ0) is 18.8. The number of rotatable bonds is 2. The van der Waals surface area contributed by atoms with Crippen LogP contribution in [0.1, 0.15) is 43.2 Å². The van der Waals surface area contributed by atoms with Crippen molar-refractivity contribution in [1.29, 1.82) is 0 Å². The number of carbonyl (C=O) groups excluding carboxylic acids is 2. The van der Waals surface area contributed by atoms with Crippen LogP contribution < -0.4 is 5.32 Å². The van der Waals surface area contributed by atoms with Gasteiger partial charge in [-0.2, -0.15) is 0 Å². The number of nitrogens with zero attached hydrogens (tertiary/aromatic N) is 3. The highest BCUT2D eigenvalue weighted by Crippen LogP contribution is 2.29.